The van der Waals surface area contributed by atoms with Gasteiger partial charge in [0.25, 0.3) is 0 Å². The minimum absolute atomic E-state index is 0.0315. The summed E-state index contributed by atoms with van der Waals surface area (Å²) in [5.74, 6) is -0.503. The summed E-state index contributed by atoms with van der Waals surface area (Å²) in [7, 11) is 0. The predicted molar refractivity (Wildman–Crippen MR) is 51.3 cm³/mol. The van der Waals surface area contributed by atoms with Gasteiger partial charge in [-0.1, -0.05) is 0 Å². The number of benzene rings is 1. The fraction of sp³-hybridized carbons (Fsp3) is 0.400. The Bertz CT molecular complexity index is 326. The van der Waals surface area contributed by atoms with Gasteiger partial charge in [-0.15, -0.1) is 0 Å². The number of phenolic OH excluding ortho intramolecular Hbond substituents is 1. The van der Waals surface area contributed by atoms with E-state index in [2.05, 4.69) is 0 Å². The van der Waals surface area contributed by atoms with Crippen LogP contribution in [-0.2, 0) is 5.54 Å². The molecule has 0 aliphatic carbocycles. The maximum atomic E-state index is 13.3. The maximum absolute atomic E-state index is 13.3. The number of aliphatic hydroxyl groups is 1. The summed E-state index contributed by atoms with van der Waals surface area (Å²) in [5, 5.41) is 17.9. The van der Waals surface area contributed by atoms with E-state index >= 15 is 0 Å². The lowest BCUT2D eigenvalue weighted by molar-refractivity contribution is 0.244. The molecule has 0 aliphatic heterocycles. The van der Waals surface area contributed by atoms with Crippen LogP contribution in [0.3, 0.4) is 0 Å². The second kappa shape index (κ2) is 3.94. The first-order chi connectivity index (χ1) is 6.47. The molecule has 1 atom stereocenters. The topological polar surface area (TPSA) is 66.5 Å². The van der Waals surface area contributed by atoms with E-state index in [1.54, 1.807) is 6.92 Å². The van der Waals surface area contributed by atoms with Crippen LogP contribution in [0.4, 0.5) is 4.39 Å². The van der Waals surface area contributed by atoms with Crippen molar-refractivity contribution in [3.63, 3.8) is 0 Å². The minimum atomic E-state index is -0.961. The van der Waals surface area contributed by atoms with Gasteiger partial charge in [0, 0.05) is 17.7 Å². The first-order valence-corrected chi connectivity index (χ1v) is 4.36. The molecule has 0 radical (unpaired) electrons. The van der Waals surface area contributed by atoms with Gasteiger partial charge in [-0.3, -0.25) is 0 Å². The first kappa shape index (κ1) is 10.9. The van der Waals surface area contributed by atoms with Gasteiger partial charge in [-0.05, 0) is 31.5 Å². The van der Waals surface area contributed by atoms with E-state index in [-0.39, 0.29) is 24.3 Å². The van der Waals surface area contributed by atoms with Gasteiger partial charge in [0.1, 0.15) is 11.6 Å². The van der Waals surface area contributed by atoms with Crippen LogP contribution in [0.25, 0.3) is 0 Å². The lowest BCUT2D eigenvalue weighted by atomic mass is 9.89. The standard InChI is InChI=1S/C10H14FNO2/c1-10(12,4-5-13)8-6-7(14)2-3-9(8)11/h2-3,6,13-14H,4-5,12H2,1H3. The molecule has 4 N–H and O–H groups in total. The number of halogens is 1. The Kier molecular flexibility index (Phi) is 3.08. The quantitative estimate of drug-likeness (QED) is 0.682. The van der Waals surface area contributed by atoms with Crippen molar-refractivity contribution in [2.24, 2.45) is 5.73 Å². The molecule has 3 nitrogen and oxygen atoms in total. The third kappa shape index (κ3) is 2.21. The smallest absolute Gasteiger partial charge is 0.128 e. The van der Waals surface area contributed by atoms with Crippen molar-refractivity contribution in [2.75, 3.05) is 6.61 Å². The van der Waals surface area contributed by atoms with Crippen LogP contribution in [0.1, 0.15) is 18.9 Å². The molecule has 0 saturated carbocycles. The van der Waals surface area contributed by atoms with E-state index in [0.717, 1.165) is 6.07 Å². The molecule has 0 spiro atoms. The fourth-order valence-corrected chi connectivity index (χ4v) is 1.32. The summed E-state index contributed by atoms with van der Waals surface area (Å²) < 4.78 is 13.3. The monoisotopic (exact) mass is 199 g/mol. The molecule has 4 heteroatoms. The van der Waals surface area contributed by atoms with Gasteiger partial charge in [-0.2, -0.15) is 0 Å². The van der Waals surface area contributed by atoms with Gasteiger partial charge in [0.2, 0.25) is 0 Å². The molecule has 0 bridgehead atoms. The Balaban J connectivity index is 3.10. The van der Waals surface area contributed by atoms with Crippen molar-refractivity contribution in [3.05, 3.63) is 29.6 Å². The number of hydrogen-bond acceptors (Lipinski definition) is 3. The van der Waals surface area contributed by atoms with Crippen molar-refractivity contribution in [1.82, 2.24) is 0 Å². The second-order valence-corrected chi connectivity index (χ2v) is 3.56. The average Bonchev–Trinajstić information content (AvgIpc) is 2.09. The zero-order valence-electron chi connectivity index (χ0n) is 8.00. The first-order valence-electron chi connectivity index (χ1n) is 4.36. The molecule has 0 aromatic heterocycles. The van der Waals surface area contributed by atoms with E-state index in [9.17, 15) is 9.50 Å². The SMILES string of the molecule is CC(N)(CCO)c1cc(O)ccc1F. The molecule has 1 unspecified atom stereocenters. The summed E-state index contributed by atoms with van der Waals surface area (Å²) >= 11 is 0. The van der Waals surface area contributed by atoms with Gasteiger partial charge in [0.05, 0.1) is 0 Å². The summed E-state index contributed by atoms with van der Waals surface area (Å²) in [5.41, 5.74) is 5.06. The molecule has 78 valence electrons. The molecule has 0 amide bonds. The van der Waals surface area contributed by atoms with E-state index in [0.29, 0.717) is 0 Å². The third-order valence-electron chi connectivity index (χ3n) is 2.20. The number of aromatic hydroxyl groups is 1. The van der Waals surface area contributed by atoms with Gasteiger partial charge < -0.3 is 15.9 Å². The summed E-state index contributed by atoms with van der Waals surface area (Å²) in [6, 6.07) is 3.70. The lowest BCUT2D eigenvalue weighted by Crippen LogP contribution is -2.35. The summed E-state index contributed by atoms with van der Waals surface area (Å²) in [4.78, 5) is 0. The van der Waals surface area contributed by atoms with Crippen LogP contribution in [0.15, 0.2) is 18.2 Å². The molecule has 0 heterocycles. The normalized spacial score (nSPS) is 15.1. The van der Waals surface area contributed by atoms with Gasteiger partial charge in [-0.25, -0.2) is 4.39 Å². The Hall–Kier alpha value is -1.13. The third-order valence-corrected chi connectivity index (χ3v) is 2.20. The number of aliphatic hydroxyl groups excluding tert-OH is 1. The molecule has 0 aliphatic rings. The number of phenols is 1. The maximum Gasteiger partial charge on any atom is 0.128 e. The molecule has 0 fully saturated rings. The van der Waals surface area contributed by atoms with Crippen molar-refractivity contribution < 1.29 is 14.6 Å². The van der Waals surface area contributed by atoms with Crippen molar-refractivity contribution >= 4 is 0 Å². The van der Waals surface area contributed by atoms with Crippen LogP contribution in [0.5, 0.6) is 5.75 Å². The Morgan fingerprint density at radius 2 is 2.14 bits per heavy atom. The van der Waals surface area contributed by atoms with E-state index in [1.165, 1.54) is 12.1 Å². The number of nitrogens with two attached hydrogens (primary N) is 1. The highest BCUT2D eigenvalue weighted by molar-refractivity contribution is 5.33. The van der Waals surface area contributed by atoms with E-state index in [1.807, 2.05) is 0 Å². The molecule has 1 aromatic rings. The summed E-state index contributed by atoms with van der Waals surface area (Å²) in [6.45, 7) is 1.49. The Morgan fingerprint density at radius 3 is 2.71 bits per heavy atom. The molecular formula is C10H14FNO2. The van der Waals surface area contributed by atoms with Crippen LogP contribution in [-0.4, -0.2) is 16.8 Å². The van der Waals surface area contributed by atoms with E-state index < -0.39 is 11.4 Å². The highest BCUT2D eigenvalue weighted by atomic mass is 19.1. The molecule has 14 heavy (non-hydrogen) atoms. The minimum Gasteiger partial charge on any atom is -0.508 e. The Labute approximate surface area is 82.0 Å². The highest BCUT2D eigenvalue weighted by Crippen LogP contribution is 2.27. The number of rotatable bonds is 3. The van der Waals surface area contributed by atoms with Crippen LogP contribution in [0.2, 0.25) is 0 Å². The van der Waals surface area contributed by atoms with Crippen LogP contribution >= 0.6 is 0 Å². The average molecular weight is 199 g/mol. The number of hydrogen-bond donors (Lipinski definition) is 3. The van der Waals surface area contributed by atoms with Gasteiger partial charge in [0.15, 0.2) is 0 Å². The highest BCUT2D eigenvalue weighted by Gasteiger charge is 2.24. The molecule has 1 aromatic carbocycles. The van der Waals surface area contributed by atoms with Crippen molar-refractivity contribution in [3.8, 4) is 5.75 Å². The van der Waals surface area contributed by atoms with Crippen LogP contribution < -0.4 is 5.73 Å². The van der Waals surface area contributed by atoms with Crippen molar-refractivity contribution in [1.29, 1.82) is 0 Å². The lowest BCUT2D eigenvalue weighted by Gasteiger charge is -2.24. The van der Waals surface area contributed by atoms with Gasteiger partial charge >= 0.3 is 0 Å². The zero-order chi connectivity index (χ0) is 10.8. The predicted octanol–water partition coefficient (Wildman–Crippen LogP) is 1.09. The Morgan fingerprint density at radius 1 is 1.50 bits per heavy atom. The van der Waals surface area contributed by atoms with Crippen molar-refractivity contribution in [2.45, 2.75) is 18.9 Å². The summed E-state index contributed by atoms with van der Waals surface area (Å²) in [6.07, 6.45) is 0.243. The molecular weight excluding hydrogens is 185 g/mol. The largest absolute Gasteiger partial charge is 0.508 e. The zero-order valence-corrected chi connectivity index (χ0v) is 8.00. The molecule has 1 rings (SSSR count). The fourth-order valence-electron chi connectivity index (χ4n) is 1.32. The van der Waals surface area contributed by atoms with Crippen LogP contribution in [0, 0.1) is 5.82 Å². The van der Waals surface area contributed by atoms with E-state index in [4.69, 9.17) is 10.8 Å². The second-order valence-electron chi connectivity index (χ2n) is 3.56. The molecule has 0 saturated heterocycles.